The number of pyridine rings is 1. The molecule has 0 spiro atoms. The van der Waals surface area contributed by atoms with Crippen LogP contribution in [0.5, 0.6) is 0 Å². The molecule has 3 rings (SSSR count). The summed E-state index contributed by atoms with van der Waals surface area (Å²) in [4.78, 5) is 20.5. The van der Waals surface area contributed by atoms with E-state index in [1.807, 2.05) is 12.4 Å². The van der Waals surface area contributed by atoms with E-state index in [4.69, 9.17) is 0 Å². The van der Waals surface area contributed by atoms with Crippen LogP contribution in [0.4, 0.5) is 5.69 Å². The van der Waals surface area contributed by atoms with Gasteiger partial charge in [-0.2, -0.15) is 0 Å². The summed E-state index contributed by atoms with van der Waals surface area (Å²) in [7, 11) is 2.08. The Labute approximate surface area is 132 Å². The summed E-state index contributed by atoms with van der Waals surface area (Å²) in [6.45, 7) is 4.11. The number of anilines is 1. The molecule has 1 atom stereocenters. The van der Waals surface area contributed by atoms with Gasteiger partial charge in [0.25, 0.3) is 0 Å². The second-order valence-electron chi connectivity index (χ2n) is 6.50. The molecule has 1 amide bonds. The van der Waals surface area contributed by atoms with E-state index in [-0.39, 0.29) is 11.9 Å². The lowest BCUT2D eigenvalue weighted by Crippen LogP contribution is -2.40. The zero-order chi connectivity index (χ0) is 15.4. The summed E-state index contributed by atoms with van der Waals surface area (Å²) >= 11 is 0. The number of likely N-dealkylation sites (N-methyl/N-ethyl adjacent to an activating group) is 1. The molecule has 0 aliphatic carbocycles. The van der Waals surface area contributed by atoms with Gasteiger partial charge in [-0.25, -0.2) is 0 Å². The number of piperidine rings is 1. The first-order valence-corrected chi connectivity index (χ1v) is 8.37. The quantitative estimate of drug-likeness (QED) is 0.896. The molecule has 2 aliphatic heterocycles. The minimum absolute atomic E-state index is 0.0944. The van der Waals surface area contributed by atoms with Crippen LogP contribution in [-0.4, -0.2) is 55.1 Å². The van der Waals surface area contributed by atoms with E-state index in [2.05, 4.69) is 39.3 Å². The third kappa shape index (κ3) is 3.58. The van der Waals surface area contributed by atoms with Crippen LogP contribution in [0, 0.1) is 5.92 Å². The third-order valence-corrected chi connectivity index (χ3v) is 5.08. The number of amides is 1. The molecule has 120 valence electrons. The van der Waals surface area contributed by atoms with Gasteiger partial charge in [-0.15, -0.1) is 0 Å². The van der Waals surface area contributed by atoms with E-state index in [0.29, 0.717) is 0 Å². The summed E-state index contributed by atoms with van der Waals surface area (Å²) < 4.78 is 0. The topological polar surface area (TPSA) is 48.5 Å². The van der Waals surface area contributed by atoms with Gasteiger partial charge in [0, 0.05) is 37.7 Å². The Balaban J connectivity index is 1.41. The SMILES string of the molecule is CN(CCC1CCN(c2ccncc2)CC1)C1CCNC1=O. The molecule has 0 aromatic carbocycles. The summed E-state index contributed by atoms with van der Waals surface area (Å²) in [6.07, 6.45) is 8.37. The number of rotatable bonds is 5. The summed E-state index contributed by atoms with van der Waals surface area (Å²) in [6, 6.07) is 4.27. The molecule has 3 heterocycles. The van der Waals surface area contributed by atoms with Gasteiger partial charge < -0.3 is 10.2 Å². The Kier molecular flexibility index (Phi) is 4.93. The Bertz CT molecular complexity index is 485. The first-order valence-electron chi connectivity index (χ1n) is 8.37. The lowest BCUT2D eigenvalue weighted by atomic mass is 9.93. The molecule has 22 heavy (non-hydrogen) atoms. The standard InChI is InChI=1S/C17H26N4O/c1-20(16-4-10-19-17(16)22)11-5-14-6-12-21(13-7-14)15-2-8-18-9-3-15/h2-3,8-9,14,16H,4-7,10-13H2,1H3,(H,19,22). The van der Waals surface area contributed by atoms with Crippen molar-refractivity contribution in [3.63, 3.8) is 0 Å². The molecule has 1 N–H and O–H groups in total. The first-order chi connectivity index (χ1) is 10.7. The minimum atomic E-state index is 0.0944. The van der Waals surface area contributed by atoms with Crippen LogP contribution < -0.4 is 10.2 Å². The molecule has 2 saturated heterocycles. The molecule has 0 radical (unpaired) electrons. The zero-order valence-corrected chi connectivity index (χ0v) is 13.4. The van der Waals surface area contributed by atoms with Crippen molar-refractivity contribution in [2.75, 3.05) is 38.1 Å². The summed E-state index contributed by atoms with van der Waals surface area (Å²) in [5.74, 6) is 0.986. The van der Waals surface area contributed by atoms with Gasteiger partial charge in [0.1, 0.15) is 0 Å². The van der Waals surface area contributed by atoms with Crippen LogP contribution >= 0.6 is 0 Å². The van der Waals surface area contributed by atoms with Crippen LogP contribution in [-0.2, 0) is 4.79 Å². The van der Waals surface area contributed by atoms with Crippen molar-refractivity contribution in [3.05, 3.63) is 24.5 Å². The van der Waals surface area contributed by atoms with Gasteiger partial charge in [-0.3, -0.25) is 14.7 Å². The van der Waals surface area contributed by atoms with E-state index in [9.17, 15) is 4.79 Å². The van der Waals surface area contributed by atoms with E-state index in [0.717, 1.165) is 38.5 Å². The Hall–Kier alpha value is -1.62. The van der Waals surface area contributed by atoms with Crippen molar-refractivity contribution < 1.29 is 4.79 Å². The third-order valence-electron chi connectivity index (χ3n) is 5.08. The van der Waals surface area contributed by atoms with Crippen molar-refractivity contribution in [2.45, 2.75) is 31.7 Å². The van der Waals surface area contributed by atoms with Crippen LogP contribution in [0.3, 0.4) is 0 Å². The normalized spacial score (nSPS) is 23.1. The maximum absolute atomic E-state index is 11.7. The smallest absolute Gasteiger partial charge is 0.237 e. The largest absolute Gasteiger partial charge is 0.371 e. The van der Waals surface area contributed by atoms with Crippen molar-refractivity contribution in [2.24, 2.45) is 5.92 Å². The fourth-order valence-electron chi connectivity index (χ4n) is 3.58. The van der Waals surface area contributed by atoms with E-state index < -0.39 is 0 Å². The second kappa shape index (κ2) is 7.09. The minimum Gasteiger partial charge on any atom is -0.371 e. The number of hydrogen-bond acceptors (Lipinski definition) is 4. The highest BCUT2D eigenvalue weighted by Gasteiger charge is 2.28. The molecule has 1 aromatic rings. The fraction of sp³-hybridized carbons (Fsp3) is 0.647. The van der Waals surface area contributed by atoms with E-state index in [1.54, 1.807) is 0 Å². The highest BCUT2D eigenvalue weighted by atomic mass is 16.2. The van der Waals surface area contributed by atoms with Gasteiger partial charge in [-0.05, 0) is 57.3 Å². The Morgan fingerprint density at radius 2 is 2.00 bits per heavy atom. The van der Waals surface area contributed by atoms with Crippen LogP contribution in [0.1, 0.15) is 25.7 Å². The number of carbonyl (C=O) groups excluding carboxylic acids is 1. The van der Waals surface area contributed by atoms with Gasteiger partial charge >= 0.3 is 0 Å². The number of aromatic nitrogens is 1. The number of nitrogens with one attached hydrogen (secondary N) is 1. The highest BCUT2D eigenvalue weighted by Crippen LogP contribution is 2.25. The molecule has 1 aromatic heterocycles. The molecule has 0 saturated carbocycles. The molecular weight excluding hydrogens is 276 g/mol. The molecule has 5 nitrogen and oxygen atoms in total. The summed E-state index contributed by atoms with van der Waals surface area (Å²) in [5, 5.41) is 2.92. The van der Waals surface area contributed by atoms with Gasteiger partial charge in [-0.1, -0.05) is 0 Å². The number of carbonyl (C=O) groups is 1. The zero-order valence-electron chi connectivity index (χ0n) is 13.4. The van der Waals surface area contributed by atoms with Crippen LogP contribution in [0.2, 0.25) is 0 Å². The van der Waals surface area contributed by atoms with Gasteiger partial charge in [0.05, 0.1) is 6.04 Å². The Morgan fingerprint density at radius 3 is 2.64 bits per heavy atom. The Morgan fingerprint density at radius 1 is 1.27 bits per heavy atom. The highest BCUT2D eigenvalue weighted by molar-refractivity contribution is 5.83. The second-order valence-corrected chi connectivity index (χ2v) is 6.50. The molecule has 2 fully saturated rings. The van der Waals surface area contributed by atoms with Crippen molar-refractivity contribution in [1.82, 2.24) is 15.2 Å². The van der Waals surface area contributed by atoms with Gasteiger partial charge in [0.15, 0.2) is 0 Å². The molecule has 2 aliphatic rings. The number of hydrogen-bond donors (Lipinski definition) is 1. The lowest BCUT2D eigenvalue weighted by molar-refractivity contribution is -0.123. The molecule has 1 unspecified atom stereocenters. The monoisotopic (exact) mass is 302 g/mol. The average molecular weight is 302 g/mol. The van der Waals surface area contributed by atoms with Crippen molar-refractivity contribution in [1.29, 1.82) is 0 Å². The maximum atomic E-state index is 11.7. The summed E-state index contributed by atoms with van der Waals surface area (Å²) in [5.41, 5.74) is 1.29. The predicted octanol–water partition coefficient (Wildman–Crippen LogP) is 1.51. The predicted molar refractivity (Wildman–Crippen MR) is 87.8 cm³/mol. The molecule has 5 heteroatoms. The van der Waals surface area contributed by atoms with Crippen molar-refractivity contribution >= 4 is 11.6 Å². The van der Waals surface area contributed by atoms with Gasteiger partial charge in [0.2, 0.25) is 5.91 Å². The van der Waals surface area contributed by atoms with E-state index in [1.165, 1.54) is 24.9 Å². The average Bonchev–Trinajstić information content (AvgIpc) is 3.00. The fourth-order valence-corrected chi connectivity index (χ4v) is 3.58. The first kappa shape index (κ1) is 15.3. The lowest BCUT2D eigenvalue weighted by Gasteiger charge is -2.34. The van der Waals surface area contributed by atoms with E-state index >= 15 is 0 Å². The van der Waals surface area contributed by atoms with Crippen LogP contribution in [0.15, 0.2) is 24.5 Å². The number of nitrogens with zero attached hydrogens (tertiary/aromatic N) is 3. The van der Waals surface area contributed by atoms with Crippen molar-refractivity contribution in [3.8, 4) is 0 Å². The molecular formula is C17H26N4O. The van der Waals surface area contributed by atoms with Crippen LogP contribution in [0.25, 0.3) is 0 Å². The molecule has 0 bridgehead atoms. The maximum Gasteiger partial charge on any atom is 0.237 e.